The molecule has 1 fully saturated rings. The standard InChI is InChI=1S/C17H23N3O2S/c1-11-5-6-20(13(8-11)10-18)16(21)9-14-12(2)22-17(19-14)15-4-3-7-23-15/h3-4,7,11,13H,5-6,8-10,18H2,1-2H3. The van der Waals surface area contributed by atoms with Crippen LogP contribution in [0.25, 0.3) is 10.8 Å². The molecule has 0 aromatic carbocycles. The van der Waals surface area contributed by atoms with Gasteiger partial charge in [-0.3, -0.25) is 4.79 Å². The van der Waals surface area contributed by atoms with Crippen LogP contribution in [0.1, 0.15) is 31.2 Å². The van der Waals surface area contributed by atoms with Crippen molar-refractivity contribution >= 4 is 17.2 Å². The Labute approximate surface area is 140 Å². The van der Waals surface area contributed by atoms with E-state index in [9.17, 15) is 4.79 Å². The molecule has 1 amide bonds. The first-order chi connectivity index (χ1) is 11.1. The molecule has 3 heterocycles. The Balaban J connectivity index is 1.73. The Morgan fingerprint density at radius 1 is 1.57 bits per heavy atom. The Bertz CT molecular complexity index is 665. The summed E-state index contributed by atoms with van der Waals surface area (Å²) in [6, 6.07) is 4.08. The molecule has 124 valence electrons. The number of thiophene rings is 1. The summed E-state index contributed by atoms with van der Waals surface area (Å²) in [5.41, 5.74) is 6.59. The van der Waals surface area contributed by atoms with Crippen LogP contribution in [0.5, 0.6) is 0 Å². The lowest BCUT2D eigenvalue weighted by Gasteiger charge is -2.38. The molecule has 5 nitrogen and oxygen atoms in total. The lowest BCUT2D eigenvalue weighted by Crippen LogP contribution is -2.49. The molecule has 2 aromatic heterocycles. The predicted octanol–water partition coefficient (Wildman–Crippen LogP) is 2.84. The number of oxazole rings is 1. The number of nitrogens with zero attached hydrogens (tertiary/aromatic N) is 2. The summed E-state index contributed by atoms with van der Waals surface area (Å²) in [6.07, 6.45) is 2.31. The minimum absolute atomic E-state index is 0.0986. The van der Waals surface area contributed by atoms with Crippen LogP contribution in [0.15, 0.2) is 21.9 Å². The van der Waals surface area contributed by atoms with Crippen molar-refractivity contribution in [3.8, 4) is 10.8 Å². The van der Waals surface area contributed by atoms with Gasteiger partial charge in [-0.15, -0.1) is 11.3 Å². The fourth-order valence-corrected chi connectivity index (χ4v) is 3.79. The van der Waals surface area contributed by atoms with Crippen LogP contribution in [-0.4, -0.2) is 34.9 Å². The number of hydrogen-bond donors (Lipinski definition) is 1. The predicted molar refractivity (Wildman–Crippen MR) is 91.2 cm³/mol. The molecule has 3 rings (SSSR count). The maximum atomic E-state index is 12.7. The lowest BCUT2D eigenvalue weighted by molar-refractivity contribution is -0.134. The quantitative estimate of drug-likeness (QED) is 0.934. The summed E-state index contributed by atoms with van der Waals surface area (Å²) < 4.78 is 5.72. The highest BCUT2D eigenvalue weighted by Gasteiger charge is 2.29. The average molecular weight is 333 g/mol. The van der Waals surface area contributed by atoms with Gasteiger partial charge in [-0.05, 0) is 37.1 Å². The molecule has 1 aliphatic heterocycles. The minimum Gasteiger partial charge on any atom is -0.440 e. The summed E-state index contributed by atoms with van der Waals surface area (Å²) in [6.45, 7) is 5.40. The molecular formula is C17H23N3O2S. The Kier molecular flexibility index (Phi) is 4.82. The summed E-state index contributed by atoms with van der Waals surface area (Å²) >= 11 is 1.58. The van der Waals surface area contributed by atoms with E-state index < -0.39 is 0 Å². The molecule has 2 atom stereocenters. The maximum Gasteiger partial charge on any atom is 0.236 e. The molecule has 0 spiro atoms. The molecule has 0 bridgehead atoms. The summed E-state index contributed by atoms with van der Waals surface area (Å²) in [7, 11) is 0. The van der Waals surface area contributed by atoms with Crippen molar-refractivity contribution in [1.82, 2.24) is 9.88 Å². The molecule has 2 N–H and O–H groups in total. The zero-order valence-corrected chi connectivity index (χ0v) is 14.4. The van der Waals surface area contributed by atoms with E-state index in [4.69, 9.17) is 10.2 Å². The van der Waals surface area contributed by atoms with E-state index in [0.717, 1.165) is 35.7 Å². The average Bonchev–Trinajstić information content (AvgIpc) is 3.17. The van der Waals surface area contributed by atoms with Crippen LogP contribution in [0.2, 0.25) is 0 Å². The number of amides is 1. The number of piperidine rings is 1. The molecule has 23 heavy (non-hydrogen) atoms. The topological polar surface area (TPSA) is 72.4 Å². The van der Waals surface area contributed by atoms with Gasteiger partial charge in [-0.25, -0.2) is 4.98 Å². The van der Waals surface area contributed by atoms with Gasteiger partial charge in [0.05, 0.1) is 17.0 Å². The summed E-state index contributed by atoms with van der Waals surface area (Å²) in [5, 5.41) is 1.99. The van der Waals surface area contributed by atoms with E-state index in [1.807, 2.05) is 29.3 Å². The van der Waals surface area contributed by atoms with E-state index in [1.165, 1.54) is 0 Å². The molecule has 6 heteroatoms. The summed E-state index contributed by atoms with van der Waals surface area (Å²) in [4.78, 5) is 20.1. The Morgan fingerprint density at radius 2 is 2.39 bits per heavy atom. The van der Waals surface area contributed by atoms with E-state index in [-0.39, 0.29) is 18.4 Å². The van der Waals surface area contributed by atoms with Gasteiger partial charge in [0.15, 0.2) is 0 Å². The van der Waals surface area contributed by atoms with Crippen LogP contribution in [0.4, 0.5) is 0 Å². The number of aryl methyl sites for hydroxylation is 1. The third kappa shape index (κ3) is 3.48. The highest BCUT2D eigenvalue weighted by molar-refractivity contribution is 7.13. The van der Waals surface area contributed by atoms with Gasteiger partial charge >= 0.3 is 0 Å². The molecular weight excluding hydrogens is 310 g/mol. The second-order valence-corrected chi connectivity index (χ2v) is 7.23. The first kappa shape index (κ1) is 16.2. The maximum absolute atomic E-state index is 12.7. The smallest absolute Gasteiger partial charge is 0.236 e. The highest BCUT2D eigenvalue weighted by Crippen LogP contribution is 2.27. The van der Waals surface area contributed by atoms with Gasteiger partial charge in [-0.1, -0.05) is 13.0 Å². The fraction of sp³-hybridized carbons (Fsp3) is 0.529. The van der Waals surface area contributed by atoms with Gasteiger partial charge in [-0.2, -0.15) is 0 Å². The fourth-order valence-electron chi connectivity index (χ4n) is 3.15. The Hall–Kier alpha value is -1.66. The minimum atomic E-state index is 0.0986. The van der Waals surface area contributed by atoms with Crippen molar-refractivity contribution in [2.75, 3.05) is 13.1 Å². The number of likely N-dealkylation sites (tertiary alicyclic amines) is 1. The molecule has 2 unspecified atom stereocenters. The normalized spacial score (nSPS) is 21.6. The van der Waals surface area contributed by atoms with Crippen LogP contribution in [-0.2, 0) is 11.2 Å². The molecule has 0 aliphatic carbocycles. The first-order valence-electron chi connectivity index (χ1n) is 8.08. The van der Waals surface area contributed by atoms with Crippen LogP contribution in [0.3, 0.4) is 0 Å². The number of aromatic nitrogens is 1. The van der Waals surface area contributed by atoms with Crippen molar-refractivity contribution in [3.05, 3.63) is 29.0 Å². The lowest BCUT2D eigenvalue weighted by atomic mass is 9.92. The monoisotopic (exact) mass is 333 g/mol. The molecule has 1 saturated heterocycles. The van der Waals surface area contributed by atoms with Crippen LogP contribution < -0.4 is 5.73 Å². The Morgan fingerprint density at radius 3 is 3.09 bits per heavy atom. The van der Waals surface area contributed by atoms with Crippen LogP contribution >= 0.6 is 11.3 Å². The molecule has 0 saturated carbocycles. The van der Waals surface area contributed by atoms with Gasteiger partial charge in [0.1, 0.15) is 5.76 Å². The highest BCUT2D eigenvalue weighted by atomic mass is 32.1. The third-order valence-corrected chi connectivity index (χ3v) is 5.37. The first-order valence-corrected chi connectivity index (χ1v) is 8.96. The molecule has 1 aliphatic rings. The van der Waals surface area contributed by atoms with E-state index >= 15 is 0 Å². The molecule has 0 radical (unpaired) electrons. The van der Waals surface area contributed by atoms with Crippen molar-refractivity contribution in [3.63, 3.8) is 0 Å². The second-order valence-electron chi connectivity index (χ2n) is 6.28. The van der Waals surface area contributed by atoms with Crippen molar-refractivity contribution in [1.29, 1.82) is 0 Å². The van der Waals surface area contributed by atoms with Gasteiger partial charge in [0.2, 0.25) is 11.8 Å². The number of nitrogens with two attached hydrogens (primary N) is 1. The van der Waals surface area contributed by atoms with Crippen molar-refractivity contribution in [2.45, 2.75) is 39.2 Å². The number of hydrogen-bond acceptors (Lipinski definition) is 5. The SMILES string of the molecule is Cc1oc(-c2cccs2)nc1CC(=O)N1CCC(C)CC1CN. The van der Waals surface area contributed by atoms with E-state index in [0.29, 0.717) is 18.4 Å². The second kappa shape index (κ2) is 6.84. The van der Waals surface area contributed by atoms with Gasteiger partial charge < -0.3 is 15.1 Å². The largest absolute Gasteiger partial charge is 0.440 e. The molecule has 2 aromatic rings. The zero-order chi connectivity index (χ0) is 16.4. The zero-order valence-electron chi connectivity index (χ0n) is 13.6. The van der Waals surface area contributed by atoms with Gasteiger partial charge in [0.25, 0.3) is 0 Å². The van der Waals surface area contributed by atoms with E-state index in [1.54, 1.807) is 11.3 Å². The van der Waals surface area contributed by atoms with Crippen molar-refractivity contribution in [2.24, 2.45) is 11.7 Å². The summed E-state index contributed by atoms with van der Waals surface area (Å²) in [5.74, 6) is 2.05. The van der Waals surface area contributed by atoms with Crippen LogP contribution in [0, 0.1) is 12.8 Å². The number of carbonyl (C=O) groups excluding carboxylic acids is 1. The van der Waals surface area contributed by atoms with Crippen molar-refractivity contribution < 1.29 is 9.21 Å². The third-order valence-electron chi connectivity index (χ3n) is 4.51. The van der Waals surface area contributed by atoms with E-state index in [2.05, 4.69) is 11.9 Å². The number of carbonyl (C=O) groups is 1. The van der Waals surface area contributed by atoms with Gasteiger partial charge in [0, 0.05) is 19.1 Å². The number of rotatable bonds is 4.